The Labute approximate surface area is 112 Å². The Kier molecular flexibility index (Phi) is 5.21. The monoisotopic (exact) mass is 249 g/mol. The fourth-order valence-corrected chi connectivity index (χ4v) is 2.46. The van der Waals surface area contributed by atoms with Gasteiger partial charge in [0.2, 0.25) is 0 Å². The number of hydrogen-bond acceptors (Lipinski definition) is 2. The lowest BCUT2D eigenvalue weighted by Crippen LogP contribution is -2.32. The first-order chi connectivity index (χ1) is 8.48. The molecule has 0 bridgehead atoms. The lowest BCUT2D eigenvalue weighted by Gasteiger charge is -2.30. The van der Waals surface area contributed by atoms with E-state index in [0.717, 1.165) is 18.6 Å². The van der Waals surface area contributed by atoms with E-state index in [1.165, 1.54) is 11.1 Å². The highest BCUT2D eigenvalue weighted by molar-refractivity contribution is 5.43. The maximum Gasteiger partial charge on any atom is 0.122 e. The number of nitrogens with two attached hydrogens (primary N) is 1. The van der Waals surface area contributed by atoms with Crippen LogP contribution < -0.4 is 10.5 Å². The topological polar surface area (TPSA) is 35.2 Å². The van der Waals surface area contributed by atoms with Crippen LogP contribution in [0.25, 0.3) is 0 Å². The molecular weight excluding hydrogens is 222 g/mol. The van der Waals surface area contributed by atoms with Gasteiger partial charge in [-0.1, -0.05) is 46.2 Å². The van der Waals surface area contributed by atoms with E-state index >= 15 is 0 Å². The van der Waals surface area contributed by atoms with E-state index in [4.69, 9.17) is 10.5 Å². The second kappa shape index (κ2) is 6.24. The van der Waals surface area contributed by atoms with E-state index in [-0.39, 0.29) is 5.41 Å². The van der Waals surface area contributed by atoms with Crippen LogP contribution in [0.5, 0.6) is 5.75 Å². The second-order valence-corrected chi connectivity index (χ2v) is 5.63. The van der Waals surface area contributed by atoms with Gasteiger partial charge in [0.05, 0.1) is 7.11 Å². The number of rotatable bonds is 6. The summed E-state index contributed by atoms with van der Waals surface area (Å²) in [5, 5.41) is 0. The maximum absolute atomic E-state index is 5.99. The minimum atomic E-state index is 0.00953. The summed E-state index contributed by atoms with van der Waals surface area (Å²) in [7, 11) is 1.74. The third-order valence-corrected chi connectivity index (χ3v) is 3.79. The predicted octanol–water partition coefficient (Wildman–Crippen LogP) is 3.84. The van der Waals surface area contributed by atoms with E-state index in [1.54, 1.807) is 7.11 Å². The predicted molar refractivity (Wildman–Crippen MR) is 78.4 cm³/mol. The zero-order chi connectivity index (χ0) is 13.8. The molecule has 102 valence electrons. The molecule has 1 rings (SSSR count). The van der Waals surface area contributed by atoms with Crippen molar-refractivity contribution in [2.45, 2.75) is 51.9 Å². The molecule has 2 N–H and O–H groups in total. The summed E-state index contributed by atoms with van der Waals surface area (Å²) in [4.78, 5) is 0. The Morgan fingerprint density at radius 1 is 1.33 bits per heavy atom. The van der Waals surface area contributed by atoms with Gasteiger partial charge in [0.1, 0.15) is 5.75 Å². The molecule has 1 unspecified atom stereocenters. The van der Waals surface area contributed by atoms with Gasteiger partial charge in [0, 0.05) is 17.5 Å². The van der Waals surface area contributed by atoms with Crippen molar-refractivity contribution in [2.24, 2.45) is 5.73 Å². The summed E-state index contributed by atoms with van der Waals surface area (Å²) in [5.41, 5.74) is 8.55. The molecule has 0 saturated heterocycles. The molecule has 0 heterocycles. The lowest BCUT2D eigenvalue weighted by atomic mass is 9.77. The Morgan fingerprint density at radius 2 is 2.00 bits per heavy atom. The largest absolute Gasteiger partial charge is 0.496 e. The Hall–Kier alpha value is -1.02. The Balaban J connectivity index is 3.23. The van der Waals surface area contributed by atoms with Crippen LogP contribution in [0.3, 0.4) is 0 Å². The van der Waals surface area contributed by atoms with Gasteiger partial charge < -0.3 is 10.5 Å². The minimum Gasteiger partial charge on any atom is -0.496 e. The normalized spacial score (nSPS) is 14.6. The zero-order valence-electron chi connectivity index (χ0n) is 12.4. The van der Waals surface area contributed by atoms with Crippen molar-refractivity contribution in [3.63, 3.8) is 0 Å². The summed E-state index contributed by atoms with van der Waals surface area (Å²) in [6, 6.07) is 6.55. The van der Waals surface area contributed by atoms with Crippen LogP contribution in [0.4, 0.5) is 0 Å². The van der Waals surface area contributed by atoms with Gasteiger partial charge in [-0.05, 0) is 24.0 Å². The summed E-state index contributed by atoms with van der Waals surface area (Å²) in [6.45, 7) is 9.47. The molecule has 0 aliphatic rings. The molecule has 0 fully saturated rings. The summed E-state index contributed by atoms with van der Waals surface area (Å²) >= 11 is 0. The number of ether oxygens (including phenoxy) is 1. The van der Waals surface area contributed by atoms with Crippen LogP contribution in [0, 0.1) is 0 Å². The molecular formula is C16H27NO. The van der Waals surface area contributed by atoms with Crippen molar-refractivity contribution in [1.29, 1.82) is 0 Å². The van der Waals surface area contributed by atoms with Crippen LogP contribution in [-0.4, -0.2) is 13.7 Å². The molecule has 0 aliphatic carbocycles. The van der Waals surface area contributed by atoms with E-state index in [0.29, 0.717) is 12.5 Å². The first-order valence-corrected chi connectivity index (χ1v) is 6.87. The molecule has 1 aromatic carbocycles. The third-order valence-electron chi connectivity index (χ3n) is 3.79. The van der Waals surface area contributed by atoms with Crippen LogP contribution in [0.2, 0.25) is 0 Å². The molecule has 18 heavy (non-hydrogen) atoms. The lowest BCUT2D eigenvalue weighted by molar-refractivity contribution is 0.374. The highest BCUT2D eigenvalue weighted by Gasteiger charge is 2.27. The summed E-state index contributed by atoms with van der Waals surface area (Å²) in [5.74, 6) is 1.49. The number of hydrogen-bond donors (Lipinski definition) is 1. The third kappa shape index (κ3) is 3.05. The summed E-state index contributed by atoms with van der Waals surface area (Å²) in [6.07, 6.45) is 2.21. The molecule has 0 radical (unpaired) electrons. The van der Waals surface area contributed by atoms with Crippen molar-refractivity contribution in [3.05, 3.63) is 29.3 Å². The SMILES string of the molecule is CCCC(C)(CN)c1ccc(C(C)C)cc1OC. The molecule has 0 amide bonds. The maximum atomic E-state index is 5.99. The van der Waals surface area contributed by atoms with E-state index in [9.17, 15) is 0 Å². The summed E-state index contributed by atoms with van der Waals surface area (Å²) < 4.78 is 5.57. The highest BCUT2D eigenvalue weighted by atomic mass is 16.5. The molecule has 2 heteroatoms. The first-order valence-electron chi connectivity index (χ1n) is 6.87. The number of benzene rings is 1. The van der Waals surface area contributed by atoms with Crippen LogP contribution in [0.1, 0.15) is 57.6 Å². The fraction of sp³-hybridized carbons (Fsp3) is 0.625. The van der Waals surface area contributed by atoms with Crippen LogP contribution in [0.15, 0.2) is 18.2 Å². The van der Waals surface area contributed by atoms with Gasteiger partial charge >= 0.3 is 0 Å². The molecule has 0 saturated carbocycles. The van der Waals surface area contributed by atoms with Crippen LogP contribution >= 0.6 is 0 Å². The smallest absolute Gasteiger partial charge is 0.122 e. The highest BCUT2D eigenvalue weighted by Crippen LogP contribution is 2.36. The molecule has 0 spiro atoms. The fourth-order valence-electron chi connectivity index (χ4n) is 2.46. The standard InChI is InChI=1S/C16H27NO/c1-6-9-16(4,11-17)14-8-7-13(12(2)3)10-15(14)18-5/h7-8,10,12H,6,9,11,17H2,1-5H3. The van der Waals surface area contributed by atoms with Crippen molar-refractivity contribution >= 4 is 0 Å². The second-order valence-electron chi connectivity index (χ2n) is 5.63. The van der Waals surface area contributed by atoms with Crippen molar-refractivity contribution in [1.82, 2.24) is 0 Å². The van der Waals surface area contributed by atoms with Gasteiger partial charge in [0.25, 0.3) is 0 Å². The van der Waals surface area contributed by atoms with Gasteiger partial charge in [-0.3, -0.25) is 0 Å². The quantitative estimate of drug-likeness (QED) is 0.831. The molecule has 0 aromatic heterocycles. The average Bonchev–Trinajstić information content (AvgIpc) is 2.38. The van der Waals surface area contributed by atoms with E-state index < -0.39 is 0 Å². The molecule has 0 aliphatic heterocycles. The van der Waals surface area contributed by atoms with E-state index in [2.05, 4.69) is 45.9 Å². The Bertz CT molecular complexity index is 387. The number of methoxy groups -OCH3 is 1. The molecule has 1 atom stereocenters. The van der Waals surface area contributed by atoms with Crippen molar-refractivity contribution in [3.8, 4) is 5.75 Å². The van der Waals surface area contributed by atoms with Gasteiger partial charge in [0.15, 0.2) is 0 Å². The van der Waals surface area contributed by atoms with Crippen molar-refractivity contribution in [2.75, 3.05) is 13.7 Å². The molecule has 2 nitrogen and oxygen atoms in total. The van der Waals surface area contributed by atoms with Gasteiger partial charge in [-0.2, -0.15) is 0 Å². The Morgan fingerprint density at radius 3 is 2.44 bits per heavy atom. The minimum absolute atomic E-state index is 0.00953. The van der Waals surface area contributed by atoms with E-state index in [1.807, 2.05) is 0 Å². The van der Waals surface area contributed by atoms with Gasteiger partial charge in [-0.25, -0.2) is 0 Å². The van der Waals surface area contributed by atoms with Gasteiger partial charge in [-0.15, -0.1) is 0 Å². The average molecular weight is 249 g/mol. The molecule has 1 aromatic rings. The van der Waals surface area contributed by atoms with Crippen LogP contribution in [-0.2, 0) is 5.41 Å². The zero-order valence-corrected chi connectivity index (χ0v) is 12.4. The van der Waals surface area contributed by atoms with Crippen molar-refractivity contribution < 1.29 is 4.74 Å². The first kappa shape index (κ1) is 15.0.